The van der Waals surface area contributed by atoms with E-state index in [4.69, 9.17) is 0 Å². The lowest BCUT2D eigenvalue weighted by Crippen LogP contribution is -2.19. The number of aromatic nitrogens is 1. The molecule has 3 N–H and O–H groups in total. The van der Waals surface area contributed by atoms with Crippen molar-refractivity contribution in [3.63, 3.8) is 0 Å². The number of nitrogens with one attached hydrogen (secondary N) is 2. The number of aliphatic hydroxyl groups excluding tert-OH is 1. The van der Waals surface area contributed by atoms with Crippen LogP contribution in [0.2, 0.25) is 0 Å². The molecule has 0 aliphatic heterocycles. The summed E-state index contributed by atoms with van der Waals surface area (Å²) < 4.78 is 0. The zero-order valence-corrected chi connectivity index (χ0v) is 11.5. The lowest BCUT2D eigenvalue weighted by atomic mass is 10.2. The molecule has 5 nitrogen and oxygen atoms in total. The van der Waals surface area contributed by atoms with Crippen LogP contribution in [0.5, 0.6) is 0 Å². The van der Waals surface area contributed by atoms with Crippen molar-refractivity contribution >= 4 is 28.2 Å². The Labute approximate surface area is 115 Å². The summed E-state index contributed by atoms with van der Waals surface area (Å²) in [5.41, 5.74) is 2.40. The molecule has 2 amide bonds. The van der Waals surface area contributed by atoms with E-state index < -0.39 is 6.10 Å². The monoisotopic (exact) mass is 277 g/mol. The zero-order chi connectivity index (χ0) is 13.8. The van der Waals surface area contributed by atoms with Crippen LogP contribution in [0.25, 0.3) is 0 Å². The Balaban J connectivity index is 1.95. The molecule has 2 aromatic rings. The van der Waals surface area contributed by atoms with Gasteiger partial charge in [0.15, 0.2) is 5.13 Å². The number of aliphatic hydroxyl groups is 1. The van der Waals surface area contributed by atoms with Gasteiger partial charge in [0, 0.05) is 11.1 Å². The molecule has 0 spiro atoms. The maximum atomic E-state index is 11.7. The van der Waals surface area contributed by atoms with Crippen molar-refractivity contribution in [3.8, 4) is 0 Å². The SMILES string of the molecule is Cc1ccc(NC(=O)Nc2nc(C(C)O)cs2)cc1. The first kappa shape index (κ1) is 13.5. The van der Waals surface area contributed by atoms with Gasteiger partial charge in [-0.1, -0.05) is 17.7 Å². The molecular weight excluding hydrogens is 262 g/mol. The predicted molar refractivity (Wildman–Crippen MR) is 76.6 cm³/mol. The van der Waals surface area contributed by atoms with Gasteiger partial charge in [-0.25, -0.2) is 9.78 Å². The largest absolute Gasteiger partial charge is 0.387 e. The van der Waals surface area contributed by atoms with Gasteiger partial charge < -0.3 is 10.4 Å². The number of thiazole rings is 1. The molecule has 0 saturated carbocycles. The van der Waals surface area contributed by atoms with E-state index in [1.165, 1.54) is 11.3 Å². The van der Waals surface area contributed by atoms with E-state index in [0.29, 0.717) is 10.8 Å². The van der Waals surface area contributed by atoms with Crippen LogP contribution in [0.1, 0.15) is 24.3 Å². The average molecular weight is 277 g/mol. The van der Waals surface area contributed by atoms with E-state index in [9.17, 15) is 9.90 Å². The van der Waals surface area contributed by atoms with Crippen LogP contribution in [0, 0.1) is 6.92 Å². The van der Waals surface area contributed by atoms with Crippen LogP contribution in [-0.4, -0.2) is 16.1 Å². The number of anilines is 2. The highest BCUT2D eigenvalue weighted by molar-refractivity contribution is 7.13. The fraction of sp³-hybridized carbons (Fsp3) is 0.231. The van der Waals surface area contributed by atoms with Crippen molar-refractivity contribution in [1.82, 2.24) is 4.98 Å². The second kappa shape index (κ2) is 5.81. The second-order valence-corrected chi connectivity index (χ2v) is 5.06. The molecule has 1 atom stereocenters. The Morgan fingerprint density at radius 2 is 2.00 bits per heavy atom. The summed E-state index contributed by atoms with van der Waals surface area (Å²) in [6.07, 6.45) is -0.632. The smallest absolute Gasteiger partial charge is 0.325 e. The highest BCUT2D eigenvalue weighted by Crippen LogP contribution is 2.20. The summed E-state index contributed by atoms with van der Waals surface area (Å²) in [5, 5.41) is 16.9. The molecule has 100 valence electrons. The third-order valence-corrected chi connectivity index (χ3v) is 3.26. The van der Waals surface area contributed by atoms with Gasteiger partial charge >= 0.3 is 6.03 Å². The second-order valence-electron chi connectivity index (χ2n) is 4.20. The van der Waals surface area contributed by atoms with Crippen molar-refractivity contribution in [1.29, 1.82) is 0 Å². The summed E-state index contributed by atoms with van der Waals surface area (Å²) in [6, 6.07) is 7.15. The van der Waals surface area contributed by atoms with Gasteiger partial charge in [0.25, 0.3) is 0 Å². The molecule has 1 aromatic heterocycles. The van der Waals surface area contributed by atoms with E-state index in [2.05, 4.69) is 15.6 Å². The minimum atomic E-state index is -0.632. The fourth-order valence-electron chi connectivity index (χ4n) is 1.43. The van der Waals surface area contributed by atoms with Crippen LogP contribution in [-0.2, 0) is 0 Å². The molecule has 0 saturated heterocycles. The van der Waals surface area contributed by atoms with Gasteiger partial charge in [-0.2, -0.15) is 0 Å². The maximum Gasteiger partial charge on any atom is 0.325 e. The molecule has 1 heterocycles. The fourth-order valence-corrected chi connectivity index (χ4v) is 2.22. The van der Waals surface area contributed by atoms with E-state index in [1.54, 1.807) is 12.3 Å². The number of carbonyl (C=O) groups is 1. The van der Waals surface area contributed by atoms with Crippen molar-refractivity contribution in [2.24, 2.45) is 0 Å². The first-order valence-corrected chi connectivity index (χ1v) is 6.71. The van der Waals surface area contributed by atoms with Gasteiger partial charge in [-0.05, 0) is 26.0 Å². The van der Waals surface area contributed by atoms with E-state index in [0.717, 1.165) is 11.3 Å². The quantitative estimate of drug-likeness (QED) is 0.806. The minimum Gasteiger partial charge on any atom is -0.387 e. The number of nitrogens with zero attached hydrogens (tertiary/aromatic N) is 1. The number of amides is 2. The number of aryl methyl sites for hydroxylation is 1. The van der Waals surface area contributed by atoms with Crippen LogP contribution in [0.15, 0.2) is 29.6 Å². The van der Waals surface area contributed by atoms with Crippen LogP contribution < -0.4 is 10.6 Å². The number of rotatable bonds is 3. The third-order valence-electron chi connectivity index (χ3n) is 2.48. The summed E-state index contributed by atoms with van der Waals surface area (Å²) in [5.74, 6) is 0. The maximum absolute atomic E-state index is 11.7. The summed E-state index contributed by atoms with van der Waals surface area (Å²) in [7, 11) is 0. The molecule has 1 aromatic carbocycles. The van der Waals surface area contributed by atoms with E-state index >= 15 is 0 Å². The standard InChI is InChI=1S/C13H15N3O2S/c1-8-3-5-10(6-4-8)14-12(18)16-13-15-11(7-19-13)9(2)17/h3-7,9,17H,1-2H3,(H2,14,15,16,18). The molecule has 6 heteroatoms. The molecule has 19 heavy (non-hydrogen) atoms. The number of hydrogen-bond donors (Lipinski definition) is 3. The first-order valence-electron chi connectivity index (χ1n) is 5.83. The topological polar surface area (TPSA) is 74.2 Å². The molecule has 1 unspecified atom stereocenters. The molecule has 0 aliphatic rings. The van der Waals surface area contributed by atoms with E-state index in [1.807, 2.05) is 31.2 Å². The van der Waals surface area contributed by atoms with Gasteiger partial charge in [0.1, 0.15) is 0 Å². The van der Waals surface area contributed by atoms with Gasteiger partial charge in [0.2, 0.25) is 0 Å². The Morgan fingerprint density at radius 3 is 2.58 bits per heavy atom. The predicted octanol–water partition coefficient (Wildman–Crippen LogP) is 3.15. The van der Waals surface area contributed by atoms with Crippen LogP contribution >= 0.6 is 11.3 Å². The Hall–Kier alpha value is -1.92. The molecule has 2 rings (SSSR count). The normalized spacial score (nSPS) is 11.9. The Kier molecular flexibility index (Phi) is 4.13. The van der Waals surface area contributed by atoms with E-state index in [-0.39, 0.29) is 6.03 Å². The molecular formula is C13H15N3O2S. The lowest BCUT2D eigenvalue weighted by Gasteiger charge is -2.05. The Bertz CT molecular complexity index is 564. The van der Waals surface area contributed by atoms with Crippen molar-refractivity contribution in [3.05, 3.63) is 40.9 Å². The van der Waals surface area contributed by atoms with Gasteiger partial charge in [-0.15, -0.1) is 11.3 Å². The molecule has 0 bridgehead atoms. The van der Waals surface area contributed by atoms with Crippen molar-refractivity contribution in [2.75, 3.05) is 10.6 Å². The van der Waals surface area contributed by atoms with Gasteiger partial charge in [0.05, 0.1) is 11.8 Å². The summed E-state index contributed by atoms with van der Waals surface area (Å²) >= 11 is 1.28. The average Bonchev–Trinajstić information content (AvgIpc) is 2.80. The first-order chi connectivity index (χ1) is 9.04. The number of urea groups is 1. The number of carbonyl (C=O) groups excluding carboxylic acids is 1. The minimum absolute atomic E-state index is 0.352. The van der Waals surface area contributed by atoms with Gasteiger partial charge in [-0.3, -0.25) is 5.32 Å². The zero-order valence-electron chi connectivity index (χ0n) is 10.7. The van der Waals surface area contributed by atoms with Crippen LogP contribution in [0.3, 0.4) is 0 Å². The number of hydrogen-bond acceptors (Lipinski definition) is 4. The summed E-state index contributed by atoms with van der Waals surface area (Å²) in [6.45, 7) is 3.61. The van der Waals surface area contributed by atoms with Crippen molar-refractivity contribution < 1.29 is 9.90 Å². The molecule has 0 radical (unpaired) electrons. The highest BCUT2D eigenvalue weighted by atomic mass is 32.1. The third kappa shape index (κ3) is 3.77. The molecule has 0 aliphatic carbocycles. The van der Waals surface area contributed by atoms with Crippen molar-refractivity contribution in [2.45, 2.75) is 20.0 Å². The lowest BCUT2D eigenvalue weighted by molar-refractivity contribution is 0.195. The molecule has 0 fully saturated rings. The Morgan fingerprint density at radius 1 is 1.32 bits per heavy atom. The summed E-state index contributed by atoms with van der Waals surface area (Å²) in [4.78, 5) is 15.8. The van der Waals surface area contributed by atoms with Crippen LogP contribution in [0.4, 0.5) is 15.6 Å². The highest BCUT2D eigenvalue weighted by Gasteiger charge is 2.09. The number of benzene rings is 1.